The minimum atomic E-state index is -0.111. The van der Waals surface area contributed by atoms with Crippen LogP contribution in [0.5, 0.6) is 0 Å². The Morgan fingerprint density at radius 2 is 2.11 bits per heavy atom. The molecular formula is C14H27NO2S. The molecule has 0 saturated heterocycles. The van der Waals surface area contributed by atoms with Gasteiger partial charge in [-0.25, -0.2) is 0 Å². The van der Waals surface area contributed by atoms with Gasteiger partial charge in [0.15, 0.2) is 0 Å². The zero-order chi connectivity index (χ0) is 13.5. The predicted octanol–water partition coefficient (Wildman–Crippen LogP) is 2.70. The van der Waals surface area contributed by atoms with E-state index < -0.39 is 0 Å². The van der Waals surface area contributed by atoms with Gasteiger partial charge in [0.25, 0.3) is 0 Å². The zero-order valence-electron chi connectivity index (χ0n) is 12.1. The Hall–Kier alpha value is -0.220. The van der Waals surface area contributed by atoms with Crippen LogP contribution in [0.1, 0.15) is 40.0 Å². The van der Waals surface area contributed by atoms with Gasteiger partial charge in [0.2, 0.25) is 0 Å². The number of ether oxygens (including phenoxy) is 1. The number of thioether (sulfide) groups is 1. The standard InChI is InChI=1S/C14H27NO2S/c1-5-6-15-12-8-10(2)7-11(3)14(12)18-9-13(16)17-4/h10-12,14-15H,5-9H2,1-4H3. The lowest BCUT2D eigenvalue weighted by Crippen LogP contribution is -2.47. The quantitative estimate of drug-likeness (QED) is 0.755. The van der Waals surface area contributed by atoms with Crippen molar-refractivity contribution in [2.45, 2.75) is 51.3 Å². The molecule has 1 aliphatic rings. The van der Waals surface area contributed by atoms with Crippen LogP contribution in [0.2, 0.25) is 0 Å². The van der Waals surface area contributed by atoms with Crippen LogP contribution in [0.25, 0.3) is 0 Å². The minimum Gasteiger partial charge on any atom is -0.468 e. The summed E-state index contributed by atoms with van der Waals surface area (Å²) in [6, 6.07) is 0.540. The summed E-state index contributed by atoms with van der Waals surface area (Å²) in [5.74, 6) is 1.81. The molecule has 0 aliphatic heterocycles. The van der Waals surface area contributed by atoms with E-state index in [1.807, 2.05) is 0 Å². The second-order valence-electron chi connectivity index (χ2n) is 5.47. The molecule has 18 heavy (non-hydrogen) atoms. The summed E-state index contributed by atoms with van der Waals surface area (Å²) in [6.45, 7) is 7.90. The highest BCUT2D eigenvalue weighted by atomic mass is 32.2. The van der Waals surface area contributed by atoms with Crippen LogP contribution in [-0.4, -0.2) is 36.7 Å². The van der Waals surface area contributed by atoms with Gasteiger partial charge in [0.05, 0.1) is 12.9 Å². The fourth-order valence-electron chi connectivity index (χ4n) is 2.86. The Labute approximate surface area is 115 Å². The predicted molar refractivity (Wildman–Crippen MR) is 77.9 cm³/mol. The maximum absolute atomic E-state index is 11.3. The summed E-state index contributed by atoms with van der Waals surface area (Å²) in [5, 5.41) is 4.19. The topological polar surface area (TPSA) is 38.3 Å². The lowest BCUT2D eigenvalue weighted by molar-refractivity contribution is -0.137. The first-order valence-corrected chi connectivity index (χ1v) is 8.05. The van der Waals surface area contributed by atoms with Gasteiger partial charge in [-0.05, 0) is 37.6 Å². The van der Waals surface area contributed by atoms with E-state index in [9.17, 15) is 4.79 Å². The smallest absolute Gasteiger partial charge is 0.315 e. The molecule has 1 aliphatic carbocycles. The summed E-state index contributed by atoms with van der Waals surface area (Å²) in [4.78, 5) is 11.3. The molecular weight excluding hydrogens is 246 g/mol. The Kier molecular flexibility index (Phi) is 7.08. The minimum absolute atomic E-state index is 0.111. The fourth-order valence-corrected chi connectivity index (χ4v) is 4.19. The van der Waals surface area contributed by atoms with Crippen molar-refractivity contribution in [3.63, 3.8) is 0 Å². The molecule has 1 fully saturated rings. The van der Waals surface area contributed by atoms with E-state index in [2.05, 4.69) is 26.1 Å². The van der Waals surface area contributed by atoms with Crippen LogP contribution in [0.4, 0.5) is 0 Å². The zero-order valence-corrected chi connectivity index (χ0v) is 12.9. The number of hydrogen-bond acceptors (Lipinski definition) is 4. The average molecular weight is 273 g/mol. The number of carbonyl (C=O) groups excluding carboxylic acids is 1. The summed E-state index contributed by atoms with van der Waals surface area (Å²) >= 11 is 1.76. The molecule has 0 aromatic rings. The highest BCUT2D eigenvalue weighted by Crippen LogP contribution is 2.36. The molecule has 4 unspecified atom stereocenters. The number of rotatable bonds is 6. The summed E-state index contributed by atoms with van der Waals surface area (Å²) in [7, 11) is 1.46. The highest BCUT2D eigenvalue weighted by Gasteiger charge is 2.34. The first-order valence-electron chi connectivity index (χ1n) is 7.00. The largest absolute Gasteiger partial charge is 0.468 e. The molecule has 0 heterocycles. The van der Waals surface area contributed by atoms with Gasteiger partial charge < -0.3 is 10.1 Å². The molecule has 4 atom stereocenters. The van der Waals surface area contributed by atoms with Crippen LogP contribution in [-0.2, 0) is 9.53 Å². The lowest BCUT2D eigenvalue weighted by atomic mass is 9.80. The van der Waals surface area contributed by atoms with E-state index in [4.69, 9.17) is 4.74 Å². The van der Waals surface area contributed by atoms with E-state index in [1.165, 1.54) is 20.0 Å². The van der Waals surface area contributed by atoms with Gasteiger partial charge in [-0.1, -0.05) is 20.8 Å². The number of carbonyl (C=O) groups is 1. The van der Waals surface area contributed by atoms with Crippen molar-refractivity contribution in [2.75, 3.05) is 19.4 Å². The van der Waals surface area contributed by atoms with Gasteiger partial charge in [-0.15, -0.1) is 11.8 Å². The number of nitrogens with one attached hydrogen (secondary N) is 1. The average Bonchev–Trinajstić information content (AvgIpc) is 2.34. The molecule has 106 valence electrons. The van der Waals surface area contributed by atoms with Gasteiger partial charge in [-0.3, -0.25) is 4.79 Å². The Morgan fingerprint density at radius 3 is 2.72 bits per heavy atom. The number of hydrogen-bond donors (Lipinski definition) is 1. The van der Waals surface area contributed by atoms with E-state index in [0.29, 0.717) is 23.0 Å². The van der Waals surface area contributed by atoms with Gasteiger partial charge >= 0.3 is 5.97 Å². The molecule has 4 heteroatoms. The molecule has 0 bridgehead atoms. The van der Waals surface area contributed by atoms with E-state index in [1.54, 1.807) is 11.8 Å². The number of esters is 1. The monoisotopic (exact) mass is 273 g/mol. The van der Waals surface area contributed by atoms with Crippen LogP contribution in [0.3, 0.4) is 0 Å². The first kappa shape index (κ1) is 15.8. The normalized spacial score (nSPS) is 32.2. The van der Waals surface area contributed by atoms with E-state index in [-0.39, 0.29) is 5.97 Å². The Bertz CT molecular complexity index is 260. The Balaban J connectivity index is 2.53. The van der Waals surface area contributed by atoms with Crippen molar-refractivity contribution in [2.24, 2.45) is 11.8 Å². The third kappa shape index (κ3) is 4.81. The SMILES string of the molecule is CCCNC1CC(C)CC(C)C1SCC(=O)OC. The second-order valence-corrected chi connectivity index (χ2v) is 6.63. The van der Waals surface area contributed by atoms with Crippen molar-refractivity contribution in [3.05, 3.63) is 0 Å². The second kappa shape index (κ2) is 8.05. The van der Waals surface area contributed by atoms with Crippen molar-refractivity contribution < 1.29 is 9.53 Å². The van der Waals surface area contributed by atoms with Crippen LogP contribution < -0.4 is 5.32 Å². The van der Waals surface area contributed by atoms with Crippen molar-refractivity contribution in [1.29, 1.82) is 0 Å². The molecule has 0 amide bonds. The van der Waals surface area contributed by atoms with Crippen LogP contribution in [0, 0.1) is 11.8 Å². The van der Waals surface area contributed by atoms with Crippen molar-refractivity contribution in [1.82, 2.24) is 5.32 Å². The van der Waals surface area contributed by atoms with E-state index >= 15 is 0 Å². The molecule has 0 aromatic heterocycles. The van der Waals surface area contributed by atoms with Crippen molar-refractivity contribution >= 4 is 17.7 Å². The van der Waals surface area contributed by atoms with Gasteiger partial charge in [0.1, 0.15) is 0 Å². The summed E-state index contributed by atoms with van der Waals surface area (Å²) < 4.78 is 4.73. The third-order valence-corrected chi connectivity index (χ3v) is 5.25. The summed E-state index contributed by atoms with van der Waals surface area (Å²) in [5.41, 5.74) is 0. The Morgan fingerprint density at radius 1 is 1.39 bits per heavy atom. The molecule has 0 spiro atoms. The molecule has 3 nitrogen and oxygen atoms in total. The van der Waals surface area contributed by atoms with E-state index in [0.717, 1.165) is 18.9 Å². The summed E-state index contributed by atoms with van der Waals surface area (Å²) in [6.07, 6.45) is 3.65. The highest BCUT2D eigenvalue weighted by molar-refractivity contribution is 8.00. The molecule has 0 radical (unpaired) electrons. The van der Waals surface area contributed by atoms with Crippen LogP contribution >= 0.6 is 11.8 Å². The van der Waals surface area contributed by atoms with Crippen LogP contribution in [0.15, 0.2) is 0 Å². The molecule has 1 rings (SSSR count). The molecule has 0 aromatic carbocycles. The lowest BCUT2D eigenvalue weighted by Gasteiger charge is -2.39. The number of methoxy groups -OCH3 is 1. The fraction of sp³-hybridized carbons (Fsp3) is 0.929. The van der Waals surface area contributed by atoms with Gasteiger partial charge in [-0.2, -0.15) is 0 Å². The van der Waals surface area contributed by atoms with Crippen molar-refractivity contribution in [3.8, 4) is 0 Å². The van der Waals surface area contributed by atoms with Gasteiger partial charge in [0, 0.05) is 11.3 Å². The maximum atomic E-state index is 11.3. The molecule has 1 N–H and O–H groups in total. The first-order chi connectivity index (χ1) is 8.58. The maximum Gasteiger partial charge on any atom is 0.315 e. The third-order valence-electron chi connectivity index (χ3n) is 3.67. The molecule has 1 saturated carbocycles.